The number of nitrogens with one attached hydrogen (secondary N) is 1. The fourth-order valence-electron chi connectivity index (χ4n) is 3.62. The van der Waals surface area contributed by atoms with Gasteiger partial charge in [-0.2, -0.15) is 0 Å². The molecule has 5 nitrogen and oxygen atoms in total. The van der Waals surface area contributed by atoms with E-state index in [1.165, 1.54) is 5.56 Å². The predicted molar refractivity (Wildman–Crippen MR) is 93.4 cm³/mol. The first-order chi connectivity index (χ1) is 12.2. The highest BCUT2D eigenvalue weighted by molar-refractivity contribution is 5.95. The van der Waals surface area contributed by atoms with Crippen LogP contribution in [0.5, 0.6) is 17.2 Å². The normalized spacial score (nSPS) is 16.8. The molecule has 2 aliphatic rings. The average molecular weight is 339 g/mol. The highest BCUT2D eigenvalue weighted by Gasteiger charge is 2.40. The lowest BCUT2D eigenvalue weighted by Crippen LogP contribution is -2.45. The van der Waals surface area contributed by atoms with Crippen LogP contribution in [-0.4, -0.2) is 26.4 Å². The van der Waals surface area contributed by atoms with Crippen molar-refractivity contribution < 1.29 is 19.0 Å². The fraction of sp³-hybridized carbons (Fsp3) is 0.350. The number of carbonyl (C=O) groups excluding carboxylic acids is 1. The van der Waals surface area contributed by atoms with Crippen molar-refractivity contribution in [2.75, 3.05) is 20.4 Å². The monoisotopic (exact) mass is 339 g/mol. The highest BCUT2D eigenvalue weighted by Crippen LogP contribution is 2.46. The maximum absolute atomic E-state index is 12.6. The maximum Gasteiger partial charge on any atom is 0.251 e. The second-order valence-corrected chi connectivity index (χ2v) is 6.58. The van der Waals surface area contributed by atoms with E-state index in [1.54, 1.807) is 25.3 Å². The summed E-state index contributed by atoms with van der Waals surface area (Å²) in [4.78, 5) is 12.6. The summed E-state index contributed by atoms with van der Waals surface area (Å²) in [6, 6.07) is 13.3. The van der Waals surface area contributed by atoms with Crippen molar-refractivity contribution in [3.63, 3.8) is 0 Å². The molecule has 1 aliphatic carbocycles. The number of hydrogen-bond acceptors (Lipinski definition) is 4. The highest BCUT2D eigenvalue weighted by atomic mass is 16.7. The van der Waals surface area contributed by atoms with E-state index in [0.29, 0.717) is 23.6 Å². The third-order valence-corrected chi connectivity index (χ3v) is 5.21. The summed E-state index contributed by atoms with van der Waals surface area (Å²) in [6.45, 7) is 0.804. The summed E-state index contributed by atoms with van der Waals surface area (Å²) in [7, 11) is 1.69. The number of hydrogen-bond donors (Lipinski definition) is 1. The van der Waals surface area contributed by atoms with E-state index in [2.05, 4.69) is 11.4 Å². The molecule has 25 heavy (non-hydrogen) atoms. The van der Waals surface area contributed by atoms with Gasteiger partial charge in [0, 0.05) is 23.1 Å². The van der Waals surface area contributed by atoms with Crippen molar-refractivity contribution in [2.45, 2.75) is 24.7 Å². The van der Waals surface area contributed by atoms with Gasteiger partial charge in [0.2, 0.25) is 6.79 Å². The third kappa shape index (κ3) is 2.80. The number of para-hydroxylation sites is 1. The molecule has 1 amide bonds. The van der Waals surface area contributed by atoms with Crippen LogP contribution in [0.4, 0.5) is 0 Å². The molecular weight excluding hydrogens is 318 g/mol. The van der Waals surface area contributed by atoms with Crippen molar-refractivity contribution in [1.82, 2.24) is 5.32 Å². The summed E-state index contributed by atoms with van der Waals surface area (Å²) in [6.07, 6.45) is 3.27. The Labute approximate surface area is 146 Å². The first-order valence-corrected chi connectivity index (χ1v) is 8.53. The van der Waals surface area contributed by atoms with E-state index >= 15 is 0 Å². The Bertz CT molecular complexity index is 798. The quantitative estimate of drug-likeness (QED) is 0.908. The van der Waals surface area contributed by atoms with E-state index in [0.717, 1.165) is 25.0 Å². The molecule has 2 aromatic rings. The zero-order chi connectivity index (χ0) is 17.3. The zero-order valence-corrected chi connectivity index (χ0v) is 14.2. The van der Waals surface area contributed by atoms with Gasteiger partial charge in [0.05, 0.1) is 7.11 Å². The molecule has 1 N–H and O–H groups in total. The number of carbonyl (C=O) groups is 1. The van der Waals surface area contributed by atoms with Gasteiger partial charge in [-0.3, -0.25) is 4.79 Å². The molecule has 1 heterocycles. The van der Waals surface area contributed by atoms with Gasteiger partial charge in [0.1, 0.15) is 5.75 Å². The number of fused-ring (bicyclic) bond motifs is 1. The molecule has 0 aromatic heterocycles. The zero-order valence-electron chi connectivity index (χ0n) is 14.2. The van der Waals surface area contributed by atoms with E-state index in [9.17, 15) is 4.79 Å². The SMILES string of the molecule is COc1ccccc1C1(CNC(=O)c2ccc3c(c2)OCO3)CCC1. The summed E-state index contributed by atoms with van der Waals surface area (Å²) in [5.41, 5.74) is 1.71. The fourth-order valence-corrected chi connectivity index (χ4v) is 3.62. The Morgan fingerprint density at radius 3 is 2.72 bits per heavy atom. The largest absolute Gasteiger partial charge is 0.496 e. The lowest BCUT2D eigenvalue weighted by atomic mass is 9.64. The minimum atomic E-state index is -0.0977. The number of benzene rings is 2. The van der Waals surface area contributed by atoms with Gasteiger partial charge in [-0.25, -0.2) is 0 Å². The van der Waals surface area contributed by atoms with Crippen LogP contribution in [0.1, 0.15) is 35.2 Å². The molecule has 5 heteroatoms. The number of ether oxygens (including phenoxy) is 3. The first kappa shape index (κ1) is 15.8. The summed E-state index contributed by atoms with van der Waals surface area (Å²) in [5.74, 6) is 2.09. The third-order valence-electron chi connectivity index (χ3n) is 5.21. The van der Waals surface area contributed by atoms with Crippen molar-refractivity contribution in [3.05, 3.63) is 53.6 Å². The van der Waals surface area contributed by atoms with E-state index in [4.69, 9.17) is 14.2 Å². The van der Waals surface area contributed by atoms with Gasteiger partial charge in [-0.1, -0.05) is 24.6 Å². The molecule has 1 aliphatic heterocycles. The van der Waals surface area contributed by atoms with Gasteiger partial charge in [0.15, 0.2) is 11.5 Å². The van der Waals surface area contributed by atoms with Gasteiger partial charge in [0.25, 0.3) is 5.91 Å². The molecule has 0 spiro atoms. The van der Waals surface area contributed by atoms with Crippen LogP contribution >= 0.6 is 0 Å². The predicted octanol–water partition coefficient (Wildman–Crippen LogP) is 3.28. The summed E-state index contributed by atoms with van der Waals surface area (Å²) >= 11 is 0. The molecule has 1 fully saturated rings. The van der Waals surface area contributed by atoms with E-state index in [1.807, 2.05) is 18.2 Å². The molecule has 0 bridgehead atoms. The Hall–Kier alpha value is -2.69. The van der Waals surface area contributed by atoms with Crippen molar-refractivity contribution in [2.24, 2.45) is 0 Å². The Morgan fingerprint density at radius 1 is 1.16 bits per heavy atom. The molecule has 0 atom stereocenters. The van der Waals surface area contributed by atoms with Crippen LogP contribution in [-0.2, 0) is 5.41 Å². The van der Waals surface area contributed by atoms with Crippen LogP contribution in [0.25, 0.3) is 0 Å². The molecule has 0 radical (unpaired) electrons. The molecule has 0 saturated heterocycles. The van der Waals surface area contributed by atoms with Gasteiger partial charge >= 0.3 is 0 Å². The van der Waals surface area contributed by atoms with Crippen LogP contribution in [0.3, 0.4) is 0 Å². The van der Waals surface area contributed by atoms with E-state index in [-0.39, 0.29) is 18.1 Å². The van der Waals surface area contributed by atoms with Crippen molar-refractivity contribution in [1.29, 1.82) is 0 Å². The van der Waals surface area contributed by atoms with Gasteiger partial charge in [-0.05, 0) is 37.1 Å². The smallest absolute Gasteiger partial charge is 0.251 e. The first-order valence-electron chi connectivity index (χ1n) is 8.53. The molecule has 0 unspecified atom stereocenters. The maximum atomic E-state index is 12.6. The average Bonchev–Trinajstić information content (AvgIpc) is 3.08. The standard InChI is InChI=1S/C20H21NO4/c1-23-16-6-3-2-5-15(16)20(9-4-10-20)12-21-19(22)14-7-8-17-18(11-14)25-13-24-17/h2-3,5-8,11H,4,9-10,12-13H2,1H3,(H,21,22). The van der Waals surface area contributed by atoms with Gasteiger partial charge < -0.3 is 19.5 Å². The molecular formula is C20H21NO4. The molecule has 4 rings (SSSR count). The second kappa shape index (κ2) is 6.31. The Kier molecular flexibility index (Phi) is 3.99. The molecule has 130 valence electrons. The van der Waals surface area contributed by atoms with E-state index < -0.39 is 0 Å². The van der Waals surface area contributed by atoms with Crippen LogP contribution in [0.2, 0.25) is 0 Å². The number of rotatable bonds is 5. The summed E-state index contributed by atoms with van der Waals surface area (Å²) in [5, 5.41) is 3.09. The lowest BCUT2D eigenvalue weighted by Gasteiger charge is -2.43. The number of methoxy groups -OCH3 is 1. The second-order valence-electron chi connectivity index (χ2n) is 6.58. The molecule has 1 saturated carbocycles. The topological polar surface area (TPSA) is 56.8 Å². The van der Waals surface area contributed by atoms with Crippen molar-refractivity contribution in [3.8, 4) is 17.2 Å². The number of amides is 1. The Balaban J connectivity index is 1.50. The molecule has 2 aromatic carbocycles. The lowest BCUT2D eigenvalue weighted by molar-refractivity contribution is 0.0926. The minimum Gasteiger partial charge on any atom is -0.496 e. The summed E-state index contributed by atoms with van der Waals surface area (Å²) < 4.78 is 16.2. The van der Waals surface area contributed by atoms with Gasteiger partial charge in [-0.15, -0.1) is 0 Å². The minimum absolute atomic E-state index is 0.0431. The van der Waals surface area contributed by atoms with Crippen LogP contribution in [0, 0.1) is 0 Å². The van der Waals surface area contributed by atoms with Crippen LogP contribution in [0.15, 0.2) is 42.5 Å². The Morgan fingerprint density at radius 2 is 1.96 bits per heavy atom. The van der Waals surface area contributed by atoms with Crippen molar-refractivity contribution >= 4 is 5.91 Å². The van der Waals surface area contributed by atoms with Crippen LogP contribution < -0.4 is 19.5 Å².